The van der Waals surface area contributed by atoms with E-state index in [1.807, 2.05) is 18.2 Å². The number of ketones is 1. The number of fused-ring (bicyclic) bond motifs is 1. The van der Waals surface area contributed by atoms with E-state index in [1.54, 1.807) is 14.0 Å². The van der Waals surface area contributed by atoms with Gasteiger partial charge < -0.3 is 19.3 Å². The van der Waals surface area contributed by atoms with Crippen molar-refractivity contribution >= 4 is 21.7 Å². The SMILES string of the molecule is COCC1(C)Oc2ccc(Br)cc2C(OC2=CC(=O)CC2)C1O. The van der Waals surface area contributed by atoms with Crippen molar-refractivity contribution in [2.75, 3.05) is 13.7 Å². The molecule has 6 heteroatoms. The first-order valence-corrected chi connectivity index (χ1v) is 8.28. The highest BCUT2D eigenvalue weighted by Gasteiger charge is 2.48. The minimum Gasteiger partial charge on any atom is -0.487 e. The maximum Gasteiger partial charge on any atom is 0.159 e. The molecule has 5 nitrogen and oxygen atoms in total. The highest BCUT2D eigenvalue weighted by Crippen LogP contribution is 2.44. The highest BCUT2D eigenvalue weighted by atomic mass is 79.9. The number of hydrogen-bond acceptors (Lipinski definition) is 5. The van der Waals surface area contributed by atoms with Gasteiger partial charge in [0.05, 0.1) is 6.61 Å². The van der Waals surface area contributed by atoms with E-state index in [0.717, 1.165) is 10.0 Å². The Morgan fingerprint density at radius 2 is 2.22 bits per heavy atom. The molecule has 0 aromatic heterocycles. The van der Waals surface area contributed by atoms with Gasteiger partial charge in [0, 0.05) is 36.1 Å². The van der Waals surface area contributed by atoms with Crippen LogP contribution < -0.4 is 4.74 Å². The van der Waals surface area contributed by atoms with Crippen LogP contribution in [0.2, 0.25) is 0 Å². The molecule has 3 rings (SSSR count). The number of methoxy groups -OCH3 is 1. The summed E-state index contributed by atoms with van der Waals surface area (Å²) in [5.74, 6) is 1.30. The second-order valence-electron chi connectivity index (χ2n) is 6.09. The van der Waals surface area contributed by atoms with Crippen LogP contribution in [0.1, 0.15) is 31.4 Å². The van der Waals surface area contributed by atoms with Crippen molar-refractivity contribution in [2.24, 2.45) is 0 Å². The molecule has 1 aliphatic carbocycles. The standard InChI is InChI=1S/C17H19BrO5/c1-17(9-21-2)16(20)15(22-12-5-4-11(19)8-12)13-7-10(18)3-6-14(13)23-17/h3,6-8,15-16,20H,4-5,9H2,1-2H3. The van der Waals surface area contributed by atoms with E-state index in [9.17, 15) is 9.90 Å². The first kappa shape index (κ1) is 16.5. The van der Waals surface area contributed by atoms with E-state index in [2.05, 4.69) is 15.9 Å². The van der Waals surface area contributed by atoms with Crippen molar-refractivity contribution in [1.29, 1.82) is 0 Å². The molecule has 0 saturated carbocycles. The largest absolute Gasteiger partial charge is 0.487 e. The van der Waals surface area contributed by atoms with E-state index in [1.165, 1.54) is 6.08 Å². The number of aliphatic hydroxyl groups is 1. The first-order chi connectivity index (χ1) is 10.9. The van der Waals surface area contributed by atoms with Gasteiger partial charge in [0.1, 0.15) is 17.6 Å². The Morgan fingerprint density at radius 1 is 1.43 bits per heavy atom. The third-order valence-electron chi connectivity index (χ3n) is 4.18. The zero-order valence-electron chi connectivity index (χ0n) is 13.0. The predicted octanol–water partition coefficient (Wildman–Crippen LogP) is 2.91. The van der Waals surface area contributed by atoms with Gasteiger partial charge in [-0.05, 0) is 25.1 Å². The monoisotopic (exact) mass is 382 g/mol. The second kappa shape index (κ2) is 6.26. The van der Waals surface area contributed by atoms with Gasteiger partial charge in [-0.25, -0.2) is 0 Å². The molecule has 1 aliphatic heterocycles. The van der Waals surface area contributed by atoms with Gasteiger partial charge >= 0.3 is 0 Å². The third-order valence-corrected chi connectivity index (χ3v) is 4.68. The average molecular weight is 383 g/mol. The molecular weight excluding hydrogens is 364 g/mol. The maximum absolute atomic E-state index is 11.4. The fourth-order valence-electron chi connectivity index (χ4n) is 2.99. The highest BCUT2D eigenvalue weighted by molar-refractivity contribution is 9.10. The summed E-state index contributed by atoms with van der Waals surface area (Å²) >= 11 is 3.43. The number of aliphatic hydroxyl groups excluding tert-OH is 1. The third kappa shape index (κ3) is 3.16. The summed E-state index contributed by atoms with van der Waals surface area (Å²) in [6.07, 6.45) is 0.977. The Morgan fingerprint density at radius 3 is 2.87 bits per heavy atom. The van der Waals surface area contributed by atoms with Gasteiger partial charge in [0.25, 0.3) is 0 Å². The smallest absolute Gasteiger partial charge is 0.159 e. The van der Waals surface area contributed by atoms with E-state index < -0.39 is 17.8 Å². The normalized spacial score (nSPS) is 29.7. The molecule has 0 saturated heterocycles. The molecule has 0 spiro atoms. The average Bonchev–Trinajstić information content (AvgIpc) is 2.90. The maximum atomic E-state index is 11.4. The fourth-order valence-corrected chi connectivity index (χ4v) is 3.37. The van der Waals surface area contributed by atoms with Crippen LogP contribution in [0, 0.1) is 0 Å². The van der Waals surface area contributed by atoms with Crippen LogP contribution in [-0.4, -0.2) is 36.3 Å². The van der Waals surface area contributed by atoms with E-state index >= 15 is 0 Å². The van der Waals surface area contributed by atoms with Gasteiger partial charge in [0.15, 0.2) is 17.5 Å². The summed E-state index contributed by atoms with van der Waals surface area (Å²) in [5.41, 5.74) is -0.177. The molecule has 0 fully saturated rings. The van der Waals surface area contributed by atoms with Crippen LogP contribution in [0.15, 0.2) is 34.5 Å². The van der Waals surface area contributed by atoms with Gasteiger partial charge in [-0.2, -0.15) is 0 Å². The second-order valence-corrected chi connectivity index (χ2v) is 7.01. The Balaban J connectivity index is 1.98. The summed E-state index contributed by atoms with van der Waals surface area (Å²) < 4.78 is 18.1. The number of hydrogen-bond donors (Lipinski definition) is 1. The number of halogens is 1. The van der Waals surface area contributed by atoms with E-state index in [0.29, 0.717) is 24.4 Å². The molecule has 0 radical (unpaired) electrons. The molecule has 23 heavy (non-hydrogen) atoms. The number of allylic oxidation sites excluding steroid dienone is 2. The molecule has 1 N–H and O–H groups in total. The Hall–Kier alpha value is -1.37. The van der Waals surface area contributed by atoms with Crippen molar-refractivity contribution < 1.29 is 24.1 Å². The van der Waals surface area contributed by atoms with Crippen LogP contribution in [0.5, 0.6) is 5.75 Å². The first-order valence-electron chi connectivity index (χ1n) is 7.48. The lowest BCUT2D eigenvalue weighted by atomic mass is 9.87. The number of carbonyl (C=O) groups excluding carboxylic acids is 1. The number of carbonyl (C=O) groups is 1. The van der Waals surface area contributed by atoms with Crippen molar-refractivity contribution in [3.05, 3.63) is 40.1 Å². The van der Waals surface area contributed by atoms with Crippen LogP contribution >= 0.6 is 15.9 Å². The molecule has 0 amide bonds. The Bertz CT molecular complexity index is 656. The molecule has 0 bridgehead atoms. The molecule has 3 unspecified atom stereocenters. The van der Waals surface area contributed by atoms with Gasteiger partial charge in [-0.1, -0.05) is 15.9 Å². The fraction of sp³-hybridized carbons (Fsp3) is 0.471. The molecule has 1 aromatic carbocycles. The van der Waals surface area contributed by atoms with Crippen LogP contribution in [0.25, 0.3) is 0 Å². The lowest BCUT2D eigenvalue weighted by Crippen LogP contribution is -2.54. The zero-order valence-corrected chi connectivity index (χ0v) is 14.6. The topological polar surface area (TPSA) is 65.0 Å². The lowest BCUT2D eigenvalue weighted by Gasteiger charge is -2.43. The van der Waals surface area contributed by atoms with E-state index in [4.69, 9.17) is 14.2 Å². The molecular formula is C17H19BrO5. The minimum atomic E-state index is -0.930. The van der Waals surface area contributed by atoms with Crippen LogP contribution in [0.4, 0.5) is 0 Å². The van der Waals surface area contributed by atoms with Crippen LogP contribution in [0.3, 0.4) is 0 Å². The van der Waals surface area contributed by atoms with Crippen molar-refractivity contribution in [3.8, 4) is 5.75 Å². The summed E-state index contributed by atoms with van der Waals surface area (Å²) in [6.45, 7) is 2.01. The van der Waals surface area contributed by atoms with E-state index in [-0.39, 0.29) is 12.4 Å². The molecule has 3 atom stereocenters. The van der Waals surface area contributed by atoms with Gasteiger partial charge in [-0.3, -0.25) is 4.79 Å². The quantitative estimate of drug-likeness (QED) is 0.866. The zero-order chi connectivity index (χ0) is 16.6. The van der Waals surface area contributed by atoms with Gasteiger partial charge in [-0.15, -0.1) is 0 Å². The summed E-state index contributed by atoms with van der Waals surface area (Å²) in [4.78, 5) is 11.4. The number of rotatable bonds is 4. The number of benzene rings is 1. The summed E-state index contributed by atoms with van der Waals surface area (Å²) in [5, 5.41) is 10.8. The van der Waals surface area contributed by atoms with Gasteiger partial charge in [0.2, 0.25) is 0 Å². The summed E-state index contributed by atoms with van der Waals surface area (Å²) in [6, 6.07) is 5.58. The summed E-state index contributed by atoms with van der Waals surface area (Å²) in [7, 11) is 1.56. The van der Waals surface area contributed by atoms with Crippen molar-refractivity contribution in [1.82, 2.24) is 0 Å². The lowest BCUT2D eigenvalue weighted by molar-refractivity contribution is -0.150. The minimum absolute atomic E-state index is 0.0515. The molecule has 1 heterocycles. The van der Waals surface area contributed by atoms with Crippen molar-refractivity contribution in [3.63, 3.8) is 0 Å². The predicted molar refractivity (Wildman–Crippen MR) is 87.2 cm³/mol. The molecule has 124 valence electrons. The molecule has 1 aromatic rings. The Kier molecular flexibility index (Phi) is 4.49. The molecule has 2 aliphatic rings. The van der Waals surface area contributed by atoms with Crippen molar-refractivity contribution in [2.45, 2.75) is 37.6 Å². The number of ether oxygens (including phenoxy) is 3. The Labute approximate surface area is 143 Å². The van der Waals surface area contributed by atoms with Crippen LogP contribution in [-0.2, 0) is 14.3 Å².